The van der Waals surface area contributed by atoms with Crippen molar-refractivity contribution < 1.29 is 9.59 Å². The maximum atomic E-state index is 12.5. The molecule has 0 aromatic carbocycles. The van der Waals surface area contributed by atoms with E-state index in [0.717, 1.165) is 50.5 Å². The Morgan fingerprint density at radius 1 is 1.18 bits per heavy atom. The molecular weight excluding hydrogens is 296 g/mol. The van der Waals surface area contributed by atoms with Crippen molar-refractivity contribution in [2.75, 3.05) is 5.32 Å². The Hall–Kier alpha value is -1.36. The van der Waals surface area contributed by atoms with Crippen molar-refractivity contribution in [1.82, 2.24) is 0 Å². The summed E-state index contributed by atoms with van der Waals surface area (Å²) in [6.45, 7) is 2.20. The molecule has 2 amide bonds. The van der Waals surface area contributed by atoms with Gasteiger partial charge in [-0.15, -0.1) is 11.3 Å². The standard InChI is InChI=1S/C17H24N2O2S/c1-10-7-8-13-12(9-10)14(15(18)20)17(22-13)19-16(21)11-5-3-2-4-6-11/h10-11H,2-9H2,1H3,(H2,18,20)(H,19,21). The van der Waals surface area contributed by atoms with Crippen molar-refractivity contribution in [2.24, 2.45) is 17.6 Å². The van der Waals surface area contributed by atoms with Gasteiger partial charge in [-0.3, -0.25) is 9.59 Å². The van der Waals surface area contributed by atoms with E-state index in [1.54, 1.807) is 11.3 Å². The van der Waals surface area contributed by atoms with E-state index in [9.17, 15) is 9.59 Å². The fourth-order valence-corrected chi connectivity index (χ4v) is 4.94. The molecule has 3 N–H and O–H groups in total. The highest BCUT2D eigenvalue weighted by Gasteiger charge is 2.29. The minimum absolute atomic E-state index is 0.0637. The number of hydrogen-bond acceptors (Lipinski definition) is 3. The van der Waals surface area contributed by atoms with Crippen molar-refractivity contribution in [3.8, 4) is 0 Å². The van der Waals surface area contributed by atoms with Crippen LogP contribution in [0.4, 0.5) is 5.00 Å². The van der Waals surface area contributed by atoms with Crippen molar-refractivity contribution in [1.29, 1.82) is 0 Å². The Morgan fingerprint density at radius 2 is 1.91 bits per heavy atom. The third kappa shape index (κ3) is 3.05. The average molecular weight is 320 g/mol. The Bertz CT molecular complexity index is 588. The zero-order valence-electron chi connectivity index (χ0n) is 13.1. The van der Waals surface area contributed by atoms with Crippen LogP contribution in [0, 0.1) is 11.8 Å². The van der Waals surface area contributed by atoms with Crippen LogP contribution >= 0.6 is 11.3 Å². The maximum Gasteiger partial charge on any atom is 0.251 e. The van der Waals surface area contributed by atoms with Gasteiger partial charge >= 0.3 is 0 Å². The van der Waals surface area contributed by atoms with E-state index in [1.165, 1.54) is 11.3 Å². The van der Waals surface area contributed by atoms with Gasteiger partial charge in [0.05, 0.1) is 5.56 Å². The summed E-state index contributed by atoms with van der Waals surface area (Å²) in [6.07, 6.45) is 8.41. The largest absolute Gasteiger partial charge is 0.365 e. The van der Waals surface area contributed by atoms with E-state index < -0.39 is 5.91 Å². The molecule has 1 aromatic rings. The van der Waals surface area contributed by atoms with Crippen LogP contribution in [0.15, 0.2) is 0 Å². The van der Waals surface area contributed by atoms with E-state index in [4.69, 9.17) is 5.73 Å². The first-order valence-electron chi connectivity index (χ1n) is 8.31. The minimum atomic E-state index is -0.412. The fraction of sp³-hybridized carbons (Fsp3) is 0.647. The molecule has 1 fully saturated rings. The predicted octanol–water partition coefficient (Wildman–Crippen LogP) is 3.49. The Balaban J connectivity index is 1.84. The summed E-state index contributed by atoms with van der Waals surface area (Å²) < 4.78 is 0. The second-order valence-electron chi connectivity index (χ2n) is 6.74. The molecule has 4 nitrogen and oxygen atoms in total. The topological polar surface area (TPSA) is 72.2 Å². The first-order valence-corrected chi connectivity index (χ1v) is 9.13. The average Bonchev–Trinajstić information content (AvgIpc) is 2.85. The van der Waals surface area contributed by atoms with E-state index in [1.807, 2.05) is 0 Å². The summed E-state index contributed by atoms with van der Waals surface area (Å²) in [5, 5.41) is 3.69. The normalized spacial score (nSPS) is 22.1. The summed E-state index contributed by atoms with van der Waals surface area (Å²) in [4.78, 5) is 25.6. The third-order valence-corrected chi connectivity index (χ3v) is 6.17. The lowest BCUT2D eigenvalue weighted by Gasteiger charge is -2.20. The van der Waals surface area contributed by atoms with Gasteiger partial charge in [0.2, 0.25) is 5.91 Å². The number of carbonyl (C=O) groups is 2. The van der Waals surface area contributed by atoms with Crippen molar-refractivity contribution in [3.63, 3.8) is 0 Å². The Kier molecular flexibility index (Phi) is 4.52. The van der Waals surface area contributed by atoms with E-state index in [2.05, 4.69) is 12.2 Å². The summed E-state index contributed by atoms with van der Waals surface area (Å²) >= 11 is 1.55. The smallest absolute Gasteiger partial charge is 0.251 e. The second kappa shape index (κ2) is 6.41. The van der Waals surface area contributed by atoms with E-state index in [0.29, 0.717) is 16.5 Å². The molecule has 3 rings (SSSR count). The fourth-order valence-electron chi connectivity index (χ4n) is 3.69. The van der Waals surface area contributed by atoms with Crippen LogP contribution in [0.1, 0.15) is 66.2 Å². The van der Waals surface area contributed by atoms with Gasteiger partial charge in [0.1, 0.15) is 5.00 Å². The number of primary amides is 1. The first kappa shape index (κ1) is 15.5. The van der Waals surface area contributed by atoms with Crippen LogP contribution in [-0.2, 0) is 17.6 Å². The monoisotopic (exact) mass is 320 g/mol. The van der Waals surface area contributed by atoms with Gasteiger partial charge in [-0.25, -0.2) is 0 Å². The lowest BCUT2D eigenvalue weighted by molar-refractivity contribution is -0.120. The van der Waals surface area contributed by atoms with Crippen molar-refractivity contribution in [2.45, 2.75) is 58.3 Å². The molecule has 1 unspecified atom stereocenters. The highest BCUT2D eigenvalue weighted by atomic mass is 32.1. The van der Waals surface area contributed by atoms with Gasteiger partial charge in [-0.05, 0) is 43.6 Å². The van der Waals surface area contributed by atoms with Gasteiger partial charge in [0.15, 0.2) is 0 Å². The Morgan fingerprint density at radius 3 is 2.59 bits per heavy atom. The number of thiophene rings is 1. The van der Waals surface area contributed by atoms with Crippen LogP contribution in [-0.4, -0.2) is 11.8 Å². The highest BCUT2D eigenvalue weighted by Crippen LogP contribution is 2.40. The number of rotatable bonds is 3. The molecule has 5 heteroatoms. The van der Waals surface area contributed by atoms with E-state index >= 15 is 0 Å². The first-order chi connectivity index (χ1) is 10.6. The quantitative estimate of drug-likeness (QED) is 0.895. The summed E-state index contributed by atoms with van der Waals surface area (Å²) in [5.74, 6) is 0.314. The SMILES string of the molecule is CC1CCc2sc(NC(=O)C3CCCCC3)c(C(N)=O)c2C1. The van der Waals surface area contributed by atoms with Crippen LogP contribution in [0.5, 0.6) is 0 Å². The zero-order valence-corrected chi connectivity index (χ0v) is 13.9. The zero-order chi connectivity index (χ0) is 15.7. The summed E-state index contributed by atoms with van der Waals surface area (Å²) in [5.41, 5.74) is 7.24. The van der Waals surface area contributed by atoms with Crippen molar-refractivity contribution in [3.05, 3.63) is 16.0 Å². The molecule has 22 heavy (non-hydrogen) atoms. The molecule has 0 bridgehead atoms. The predicted molar refractivity (Wildman–Crippen MR) is 89.2 cm³/mol. The molecule has 2 aliphatic carbocycles. The lowest BCUT2D eigenvalue weighted by Crippen LogP contribution is -2.26. The number of nitrogens with one attached hydrogen (secondary N) is 1. The van der Waals surface area contributed by atoms with Crippen LogP contribution in [0.3, 0.4) is 0 Å². The molecular formula is C17H24N2O2S. The number of fused-ring (bicyclic) bond motifs is 1. The number of aryl methyl sites for hydroxylation is 1. The molecule has 1 aromatic heterocycles. The van der Waals surface area contributed by atoms with Gasteiger partial charge in [-0.2, -0.15) is 0 Å². The molecule has 0 radical (unpaired) electrons. The molecule has 0 saturated heterocycles. The van der Waals surface area contributed by atoms with E-state index in [-0.39, 0.29) is 11.8 Å². The van der Waals surface area contributed by atoms with Gasteiger partial charge in [-0.1, -0.05) is 26.2 Å². The number of hydrogen-bond donors (Lipinski definition) is 2. The number of amides is 2. The number of anilines is 1. The molecule has 0 aliphatic heterocycles. The maximum absolute atomic E-state index is 12.5. The molecule has 1 heterocycles. The molecule has 1 saturated carbocycles. The van der Waals surface area contributed by atoms with Crippen LogP contribution < -0.4 is 11.1 Å². The molecule has 120 valence electrons. The van der Waals surface area contributed by atoms with Crippen LogP contribution in [0.25, 0.3) is 0 Å². The second-order valence-corrected chi connectivity index (χ2v) is 7.85. The number of carbonyl (C=O) groups excluding carboxylic acids is 2. The number of nitrogens with two attached hydrogens (primary N) is 1. The van der Waals surface area contributed by atoms with Gasteiger partial charge in [0, 0.05) is 10.8 Å². The summed E-state index contributed by atoms with van der Waals surface area (Å²) in [6, 6.07) is 0. The third-order valence-electron chi connectivity index (χ3n) is 4.97. The molecule has 1 atom stereocenters. The summed E-state index contributed by atoms with van der Waals surface area (Å²) in [7, 11) is 0. The molecule has 0 spiro atoms. The molecule has 2 aliphatic rings. The minimum Gasteiger partial charge on any atom is -0.365 e. The highest BCUT2D eigenvalue weighted by molar-refractivity contribution is 7.17. The van der Waals surface area contributed by atoms with Crippen molar-refractivity contribution >= 4 is 28.2 Å². The van der Waals surface area contributed by atoms with Gasteiger partial charge < -0.3 is 11.1 Å². The van der Waals surface area contributed by atoms with Gasteiger partial charge in [0.25, 0.3) is 5.91 Å². The van der Waals surface area contributed by atoms with Crippen LogP contribution in [0.2, 0.25) is 0 Å². The Labute approximate surface area is 135 Å². The lowest BCUT2D eigenvalue weighted by atomic mass is 9.87.